The summed E-state index contributed by atoms with van der Waals surface area (Å²) in [6, 6.07) is 12.8. The van der Waals surface area contributed by atoms with E-state index in [4.69, 9.17) is 23.7 Å². The summed E-state index contributed by atoms with van der Waals surface area (Å²) in [5, 5.41) is 0. The van der Waals surface area contributed by atoms with Gasteiger partial charge in [0.25, 0.3) is 0 Å². The Kier molecular flexibility index (Phi) is 13.4. The largest absolute Gasteiger partial charge is 0.494 e. The van der Waals surface area contributed by atoms with Crippen molar-refractivity contribution in [3.05, 3.63) is 66.7 Å². The maximum absolute atomic E-state index is 12.6. The van der Waals surface area contributed by atoms with Gasteiger partial charge in [-0.05, 0) is 109 Å². The summed E-state index contributed by atoms with van der Waals surface area (Å²) in [6.45, 7) is 12.8. The third-order valence-electron chi connectivity index (χ3n) is 8.18. The fourth-order valence-corrected chi connectivity index (χ4v) is 5.40. The molecule has 3 rings (SSSR count). The first-order chi connectivity index (χ1) is 21.8. The monoisotopic (exact) mass is 637 g/mol. The fourth-order valence-electron chi connectivity index (χ4n) is 5.40. The predicted molar refractivity (Wildman–Crippen MR) is 173 cm³/mol. The van der Waals surface area contributed by atoms with Gasteiger partial charge in [0.1, 0.15) is 23.4 Å². The van der Waals surface area contributed by atoms with Crippen molar-refractivity contribution in [1.82, 2.24) is 4.90 Å². The number of likely N-dealkylation sites (tertiary alicyclic amines) is 1. The zero-order chi connectivity index (χ0) is 33.7. The molecular weight excluding hydrogens is 590 g/mol. The van der Waals surface area contributed by atoms with E-state index in [9.17, 15) is 19.2 Å². The molecule has 1 fully saturated rings. The summed E-state index contributed by atoms with van der Waals surface area (Å²) in [7, 11) is 2.09. The first-order valence-electron chi connectivity index (χ1n) is 15.8. The van der Waals surface area contributed by atoms with Crippen molar-refractivity contribution in [2.75, 3.05) is 20.3 Å². The van der Waals surface area contributed by atoms with E-state index in [1.807, 2.05) is 0 Å². The van der Waals surface area contributed by atoms with Crippen molar-refractivity contribution in [3.63, 3.8) is 0 Å². The molecule has 10 heteroatoms. The van der Waals surface area contributed by atoms with Crippen molar-refractivity contribution >= 4 is 23.9 Å². The molecule has 0 bridgehead atoms. The minimum absolute atomic E-state index is 0.0673. The van der Waals surface area contributed by atoms with Crippen molar-refractivity contribution in [2.24, 2.45) is 0 Å². The summed E-state index contributed by atoms with van der Waals surface area (Å²) < 4.78 is 27.2. The number of esters is 4. The number of benzene rings is 2. The summed E-state index contributed by atoms with van der Waals surface area (Å²) in [5.41, 5.74) is 0.136. The van der Waals surface area contributed by atoms with Crippen LogP contribution in [0.2, 0.25) is 0 Å². The van der Waals surface area contributed by atoms with Crippen LogP contribution in [0.3, 0.4) is 0 Å². The second-order valence-electron chi connectivity index (χ2n) is 12.7. The van der Waals surface area contributed by atoms with Crippen LogP contribution in [0.1, 0.15) is 89.4 Å². The number of hydrogen-bond donors (Lipinski definition) is 0. The minimum Gasteiger partial charge on any atom is -0.494 e. The van der Waals surface area contributed by atoms with Crippen molar-refractivity contribution in [3.8, 4) is 17.2 Å². The molecule has 0 saturated carbocycles. The topological polar surface area (TPSA) is 118 Å². The summed E-state index contributed by atoms with van der Waals surface area (Å²) in [6.07, 6.45) is 5.73. The van der Waals surface area contributed by atoms with E-state index >= 15 is 0 Å². The van der Waals surface area contributed by atoms with Gasteiger partial charge in [-0.25, -0.2) is 9.59 Å². The molecule has 0 spiro atoms. The van der Waals surface area contributed by atoms with Crippen LogP contribution in [0.4, 0.5) is 0 Å². The highest BCUT2D eigenvalue weighted by atomic mass is 16.6. The van der Waals surface area contributed by atoms with Crippen LogP contribution in [0.25, 0.3) is 0 Å². The molecule has 0 unspecified atom stereocenters. The quantitative estimate of drug-likeness (QED) is 0.0879. The second-order valence-corrected chi connectivity index (χ2v) is 12.7. The number of rotatable bonds is 16. The molecule has 1 aliphatic rings. The molecule has 0 aromatic heterocycles. The standard InChI is InChI=1S/C36H47NO9/c1-7-31(38)43-23-11-9-8-10-22-42-27-14-12-26(13-15-27)34(41)46-29-18-16-28(17-19-29)44-32(39)20-21-33(40)45-30-24-35(2,3)37(6)36(4,5)25-30/h7,12-19,30H,1,8-11,20-25H2,2-6H3. The summed E-state index contributed by atoms with van der Waals surface area (Å²) in [5.74, 6) is -0.714. The fraction of sp³-hybridized carbons (Fsp3) is 0.500. The Balaban J connectivity index is 1.34. The van der Waals surface area contributed by atoms with Crippen LogP contribution >= 0.6 is 0 Å². The number of nitrogens with zero attached hydrogens (tertiary/aromatic N) is 1. The van der Waals surface area contributed by atoms with E-state index in [1.165, 1.54) is 24.3 Å². The number of carbonyl (C=O) groups excluding carboxylic acids is 4. The average molecular weight is 638 g/mol. The van der Waals surface area contributed by atoms with Gasteiger partial charge in [-0.15, -0.1) is 0 Å². The maximum atomic E-state index is 12.6. The molecule has 0 atom stereocenters. The lowest BCUT2D eigenvalue weighted by Crippen LogP contribution is -2.60. The number of carbonyl (C=O) groups is 4. The first kappa shape index (κ1) is 36.3. The molecule has 2 aromatic carbocycles. The highest BCUT2D eigenvalue weighted by Gasteiger charge is 2.44. The molecule has 1 saturated heterocycles. The SMILES string of the molecule is C=CC(=O)OCCCCCCOc1ccc(C(=O)Oc2ccc(OC(=O)CCC(=O)OC3CC(C)(C)N(C)C(C)(C)C3)cc2)cc1. The highest BCUT2D eigenvalue weighted by Crippen LogP contribution is 2.38. The number of unbranched alkanes of at least 4 members (excludes halogenated alkanes) is 3. The van der Waals surface area contributed by atoms with Crippen LogP contribution in [-0.4, -0.2) is 66.2 Å². The molecule has 1 aliphatic heterocycles. The normalized spacial score (nSPS) is 15.8. The van der Waals surface area contributed by atoms with Crippen LogP contribution in [0, 0.1) is 0 Å². The highest BCUT2D eigenvalue weighted by molar-refractivity contribution is 5.91. The number of ether oxygens (including phenoxy) is 5. The Hall–Kier alpha value is -4.18. The summed E-state index contributed by atoms with van der Waals surface area (Å²) in [4.78, 5) is 50.7. The zero-order valence-corrected chi connectivity index (χ0v) is 27.7. The number of hydrogen-bond acceptors (Lipinski definition) is 10. The van der Waals surface area contributed by atoms with Crippen LogP contribution in [0.5, 0.6) is 17.2 Å². The maximum Gasteiger partial charge on any atom is 0.343 e. The van der Waals surface area contributed by atoms with Crippen molar-refractivity contribution < 1.29 is 42.9 Å². The van der Waals surface area contributed by atoms with E-state index in [0.717, 1.165) is 44.6 Å². The van der Waals surface area contributed by atoms with Crippen LogP contribution < -0.4 is 14.2 Å². The molecule has 0 N–H and O–H groups in total. The third kappa shape index (κ3) is 11.6. The molecule has 46 heavy (non-hydrogen) atoms. The Morgan fingerprint density at radius 3 is 1.87 bits per heavy atom. The Labute approximate surface area is 272 Å². The van der Waals surface area contributed by atoms with Gasteiger partial charge >= 0.3 is 23.9 Å². The lowest BCUT2D eigenvalue weighted by atomic mass is 9.79. The van der Waals surface area contributed by atoms with Gasteiger partial charge in [0, 0.05) is 30.0 Å². The average Bonchev–Trinajstić information content (AvgIpc) is 3.01. The Bertz CT molecular complexity index is 1310. The molecular formula is C36H47NO9. The van der Waals surface area contributed by atoms with Gasteiger partial charge in [0.15, 0.2) is 0 Å². The van der Waals surface area contributed by atoms with E-state index in [2.05, 4.69) is 46.2 Å². The van der Waals surface area contributed by atoms with Crippen LogP contribution in [-0.2, 0) is 23.9 Å². The molecule has 2 aromatic rings. The Morgan fingerprint density at radius 1 is 0.761 bits per heavy atom. The van der Waals surface area contributed by atoms with Crippen molar-refractivity contribution in [1.29, 1.82) is 0 Å². The molecule has 0 aliphatic carbocycles. The third-order valence-corrected chi connectivity index (χ3v) is 8.18. The molecule has 250 valence electrons. The van der Waals surface area contributed by atoms with E-state index < -0.39 is 23.9 Å². The van der Waals surface area contributed by atoms with Gasteiger partial charge in [0.05, 0.1) is 31.6 Å². The molecule has 0 radical (unpaired) electrons. The smallest absolute Gasteiger partial charge is 0.343 e. The Morgan fingerprint density at radius 2 is 1.28 bits per heavy atom. The van der Waals surface area contributed by atoms with E-state index in [1.54, 1.807) is 24.3 Å². The molecule has 10 nitrogen and oxygen atoms in total. The van der Waals surface area contributed by atoms with Gasteiger partial charge in [-0.3, -0.25) is 14.5 Å². The minimum atomic E-state index is -0.556. The molecule has 0 amide bonds. The summed E-state index contributed by atoms with van der Waals surface area (Å²) >= 11 is 0. The van der Waals surface area contributed by atoms with Gasteiger partial charge < -0.3 is 23.7 Å². The lowest BCUT2D eigenvalue weighted by Gasteiger charge is -2.53. The predicted octanol–water partition coefficient (Wildman–Crippen LogP) is 6.45. The number of piperidine rings is 1. The van der Waals surface area contributed by atoms with Gasteiger partial charge in [0.2, 0.25) is 0 Å². The van der Waals surface area contributed by atoms with E-state index in [0.29, 0.717) is 24.5 Å². The first-order valence-corrected chi connectivity index (χ1v) is 15.8. The zero-order valence-electron chi connectivity index (χ0n) is 27.7. The van der Waals surface area contributed by atoms with Gasteiger partial charge in [-0.1, -0.05) is 6.58 Å². The lowest BCUT2D eigenvalue weighted by molar-refractivity contribution is -0.160. The van der Waals surface area contributed by atoms with Crippen molar-refractivity contribution in [2.45, 2.75) is 96.2 Å². The van der Waals surface area contributed by atoms with Gasteiger partial charge in [-0.2, -0.15) is 0 Å². The van der Waals surface area contributed by atoms with Crippen LogP contribution in [0.15, 0.2) is 61.2 Å². The molecule has 1 heterocycles. The second kappa shape index (κ2) is 16.9. The van der Waals surface area contributed by atoms with E-state index in [-0.39, 0.29) is 41.5 Å².